The van der Waals surface area contributed by atoms with E-state index in [1.165, 1.54) is 6.26 Å². The molecule has 0 N–H and O–H groups in total. The van der Waals surface area contributed by atoms with Crippen LogP contribution in [-0.4, -0.2) is 0 Å². The summed E-state index contributed by atoms with van der Waals surface area (Å²) in [5.74, 6) is 0. The van der Waals surface area contributed by atoms with Crippen molar-refractivity contribution in [3.05, 3.63) is 23.6 Å². The van der Waals surface area contributed by atoms with Gasteiger partial charge in [-0.15, -0.1) is 0 Å². The number of hydrogen-bond donors (Lipinski definition) is 0. The molecule has 34 valence electrons. The van der Waals surface area contributed by atoms with Gasteiger partial charge in [0.15, 0.2) is 5.22 Å². The molecule has 0 radical (unpaired) electrons. The Kier molecular flexibility index (Phi) is 3.32. The van der Waals surface area contributed by atoms with E-state index in [9.17, 15) is 0 Å². The van der Waals surface area contributed by atoms with Crippen molar-refractivity contribution in [3.8, 4) is 0 Å². The number of rotatable bonds is 0. The van der Waals surface area contributed by atoms with Crippen LogP contribution in [0.4, 0.5) is 0 Å². The monoisotopic (exact) mass is 166 g/mol. The van der Waals surface area contributed by atoms with Gasteiger partial charge in [-0.05, 0) is 23.7 Å². The molecule has 1 nitrogen and oxygen atoms in total. The molecule has 0 aromatic carbocycles. The van der Waals surface area contributed by atoms with E-state index in [-0.39, 0.29) is 19.5 Å². The van der Waals surface area contributed by atoms with E-state index in [1.54, 1.807) is 12.1 Å². The van der Waals surface area contributed by atoms with Crippen molar-refractivity contribution in [1.29, 1.82) is 0 Å². The van der Waals surface area contributed by atoms with Crippen molar-refractivity contribution in [1.82, 2.24) is 0 Å². The molecule has 0 atom stereocenters. The van der Waals surface area contributed by atoms with Gasteiger partial charge in [0.05, 0.1) is 6.26 Å². The standard InChI is InChI=1S/C4H3ClO.Zn/c5-4-2-1-3-6-4;/h1-3H;. The quantitative estimate of drug-likeness (QED) is 0.539. The third-order valence-corrected chi connectivity index (χ3v) is 0.702. The Morgan fingerprint density at radius 1 is 1.57 bits per heavy atom. The Labute approximate surface area is 59.4 Å². The van der Waals surface area contributed by atoms with Gasteiger partial charge in [-0.3, -0.25) is 0 Å². The van der Waals surface area contributed by atoms with Crippen LogP contribution in [0.1, 0.15) is 0 Å². The van der Waals surface area contributed by atoms with E-state index in [2.05, 4.69) is 4.42 Å². The van der Waals surface area contributed by atoms with Gasteiger partial charge in [-0.25, -0.2) is 0 Å². The molecule has 0 aliphatic carbocycles. The third kappa shape index (κ3) is 2.10. The van der Waals surface area contributed by atoms with E-state index in [4.69, 9.17) is 11.6 Å². The molecule has 0 aliphatic rings. The second kappa shape index (κ2) is 3.23. The zero-order valence-corrected chi connectivity index (χ0v) is 7.45. The molecular weight excluding hydrogens is 165 g/mol. The average Bonchev–Trinajstić information content (AvgIpc) is 1.86. The van der Waals surface area contributed by atoms with Crippen molar-refractivity contribution in [2.75, 3.05) is 0 Å². The number of hydrogen-bond acceptors (Lipinski definition) is 1. The Hall–Kier alpha value is 0.193. The molecule has 1 aromatic heterocycles. The zero-order chi connectivity index (χ0) is 4.41. The summed E-state index contributed by atoms with van der Waals surface area (Å²) in [5, 5.41) is 0.440. The molecule has 3 heteroatoms. The summed E-state index contributed by atoms with van der Waals surface area (Å²) in [4.78, 5) is 0. The van der Waals surface area contributed by atoms with Gasteiger partial charge in [0.2, 0.25) is 0 Å². The van der Waals surface area contributed by atoms with Crippen molar-refractivity contribution >= 4 is 11.6 Å². The molecule has 0 bridgehead atoms. The average molecular weight is 168 g/mol. The molecule has 0 fully saturated rings. The fourth-order valence-corrected chi connectivity index (χ4v) is 0.383. The van der Waals surface area contributed by atoms with Crippen molar-refractivity contribution in [3.63, 3.8) is 0 Å². The van der Waals surface area contributed by atoms with Crippen LogP contribution < -0.4 is 0 Å². The first-order valence-electron chi connectivity index (χ1n) is 1.58. The van der Waals surface area contributed by atoms with Gasteiger partial charge in [0.25, 0.3) is 0 Å². The predicted molar refractivity (Wildman–Crippen MR) is 23.7 cm³/mol. The van der Waals surface area contributed by atoms with Crippen LogP contribution in [0, 0.1) is 0 Å². The van der Waals surface area contributed by atoms with Crippen molar-refractivity contribution in [2.45, 2.75) is 0 Å². The van der Waals surface area contributed by atoms with Gasteiger partial charge in [0, 0.05) is 19.5 Å². The molecule has 0 saturated carbocycles. The number of furan rings is 1. The summed E-state index contributed by atoms with van der Waals surface area (Å²) in [5.41, 5.74) is 0. The second-order valence-corrected chi connectivity index (χ2v) is 1.29. The van der Waals surface area contributed by atoms with Crippen molar-refractivity contribution in [2.24, 2.45) is 0 Å². The SMILES string of the molecule is Clc1ccco1.[Zn]. The van der Waals surface area contributed by atoms with Crippen LogP contribution in [-0.2, 0) is 19.5 Å². The fraction of sp³-hybridized carbons (Fsp3) is 0. The Morgan fingerprint density at radius 2 is 2.29 bits per heavy atom. The topological polar surface area (TPSA) is 13.1 Å². The Bertz CT molecular complexity index is 115. The summed E-state index contributed by atoms with van der Waals surface area (Å²) in [6, 6.07) is 3.42. The molecule has 1 heterocycles. The van der Waals surface area contributed by atoms with Crippen LogP contribution in [0.5, 0.6) is 0 Å². The molecule has 1 rings (SSSR count). The normalized spacial score (nSPS) is 7.57. The minimum absolute atomic E-state index is 0. The summed E-state index contributed by atoms with van der Waals surface area (Å²) in [6.07, 6.45) is 1.53. The van der Waals surface area contributed by atoms with Crippen LogP contribution in [0.3, 0.4) is 0 Å². The van der Waals surface area contributed by atoms with Gasteiger partial charge >= 0.3 is 0 Å². The number of halogens is 1. The molecule has 7 heavy (non-hydrogen) atoms. The zero-order valence-electron chi connectivity index (χ0n) is 3.73. The molecular formula is C4H3ClOZn. The summed E-state index contributed by atoms with van der Waals surface area (Å²) in [7, 11) is 0. The summed E-state index contributed by atoms with van der Waals surface area (Å²) >= 11 is 5.29. The first kappa shape index (κ1) is 7.19. The maximum Gasteiger partial charge on any atom is 0.192 e. The molecule has 0 unspecified atom stereocenters. The Balaban J connectivity index is 0.000000360. The predicted octanol–water partition coefficient (Wildman–Crippen LogP) is 1.93. The first-order valence-corrected chi connectivity index (χ1v) is 1.96. The Morgan fingerprint density at radius 3 is 2.43 bits per heavy atom. The van der Waals surface area contributed by atoms with E-state index in [1.807, 2.05) is 0 Å². The first-order chi connectivity index (χ1) is 2.89. The molecule has 0 saturated heterocycles. The second-order valence-electron chi connectivity index (χ2n) is 0.917. The maximum absolute atomic E-state index is 5.29. The van der Waals surface area contributed by atoms with Crippen LogP contribution in [0.15, 0.2) is 22.8 Å². The van der Waals surface area contributed by atoms with Crippen LogP contribution in [0.25, 0.3) is 0 Å². The van der Waals surface area contributed by atoms with Gasteiger partial charge in [-0.1, -0.05) is 0 Å². The largest absolute Gasteiger partial charge is 0.453 e. The van der Waals surface area contributed by atoms with Crippen LogP contribution in [0.2, 0.25) is 5.22 Å². The van der Waals surface area contributed by atoms with E-state index in [0.29, 0.717) is 5.22 Å². The van der Waals surface area contributed by atoms with Gasteiger partial charge in [0.1, 0.15) is 0 Å². The summed E-state index contributed by atoms with van der Waals surface area (Å²) < 4.78 is 4.60. The molecule has 1 aromatic rings. The van der Waals surface area contributed by atoms with Gasteiger partial charge in [-0.2, -0.15) is 0 Å². The van der Waals surface area contributed by atoms with E-state index in [0.717, 1.165) is 0 Å². The van der Waals surface area contributed by atoms with E-state index < -0.39 is 0 Å². The fourth-order valence-electron chi connectivity index (χ4n) is 0.259. The molecule has 0 amide bonds. The smallest absolute Gasteiger partial charge is 0.192 e. The minimum Gasteiger partial charge on any atom is -0.453 e. The van der Waals surface area contributed by atoms with Crippen molar-refractivity contribution < 1.29 is 23.9 Å². The van der Waals surface area contributed by atoms with Crippen LogP contribution >= 0.6 is 11.6 Å². The molecule has 0 spiro atoms. The maximum atomic E-state index is 5.29. The van der Waals surface area contributed by atoms with Gasteiger partial charge < -0.3 is 4.42 Å². The minimum atomic E-state index is 0. The summed E-state index contributed by atoms with van der Waals surface area (Å²) in [6.45, 7) is 0. The third-order valence-electron chi connectivity index (χ3n) is 0.486. The van der Waals surface area contributed by atoms with E-state index >= 15 is 0 Å². The molecule has 0 aliphatic heterocycles.